The van der Waals surface area contributed by atoms with E-state index in [1.165, 1.54) is 7.11 Å². The molecule has 0 saturated carbocycles. The van der Waals surface area contributed by atoms with E-state index in [4.69, 9.17) is 9.47 Å². The second-order valence-electron chi connectivity index (χ2n) is 12.8. The zero-order chi connectivity index (χ0) is 36.9. The number of fused-ring (bicyclic) bond motifs is 1. The summed E-state index contributed by atoms with van der Waals surface area (Å²) in [5.74, 6) is -3.02. The summed E-state index contributed by atoms with van der Waals surface area (Å²) in [6, 6.07) is 29.5. The number of hydrogen-bond donors (Lipinski definition) is 4. The van der Waals surface area contributed by atoms with Gasteiger partial charge in [0.15, 0.2) is 0 Å². The van der Waals surface area contributed by atoms with Gasteiger partial charge < -0.3 is 30.7 Å². The molecule has 11 nitrogen and oxygen atoms in total. The van der Waals surface area contributed by atoms with E-state index in [1.807, 2.05) is 60.7 Å². The van der Waals surface area contributed by atoms with Gasteiger partial charge in [-0.1, -0.05) is 97.1 Å². The number of rotatable bonds is 17. The maximum absolute atomic E-state index is 14.1. The van der Waals surface area contributed by atoms with Crippen molar-refractivity contribution in [3.8, 4) is 5.75 Å². The first kappa shape index (κ1) is 37.4. The lowest BCUT2D eigenvalue weighted by Gasteiger charge is -2.26. The van der Waals surface area contributed by atoms with Crippen LogP contribution in [0.5, 0.6) is 5.75 Å². The van der Waals surface area contributed by atoms with Gasteiger partial charge >= 0.3 is 0 Å². The van der Waals surface area contributed by atoms with Gasteiger partial charge in [0.1, 0.15) is 23.9 Å². The topological polar surface area (TPSA) is 152 Å². The summed E-state index contributed by atoms with van der Waals surface area (Å²) < 4.78 is 10.6. The van der Waals surface area contributed by atoms with Gasteiger partial charge in [-0.15, -0.1) is 0 Å². The molecule has 0 spiro atoms. The van der Waals surface area contributed by atoms with E-state index in [0.29, 0.717) is 24.2 Å². The molecule has 52 heavy (non-hydrogen) atoms. The standard InChI is InChI=1S/C41H44N4O7/c1-51-26-36(45-38(47)32-23-30-15-9-10-16-31(30)24-32)40(49)44-35(22-28-17-19-33(52-2)20-18-28)39(48)43-34(21-27-11-5-3-6-12-27)37(46)41(50)42-25-29-13-7-4-8-14-29/h3-20,32,34-36H,21-26H2,1-2H3,(H,42,50)(H,43,48)(H,44,49)(H,45,47)/t34-,35-,36-/m0/s1. The average Bonchev–Trinajstić information content (AvgIpc) is 3.62. The third-order valence-corrected chi connectivity index (χ3v) is 9.06. The number of methoxy groups -OCH3 is 2. The molecule has 4 aromatic carbocycles. The molecule has 1 aliphatic carbocycles. The lowest BCUT2D eigenvalue weighted by atomic mass is 9.99. The van der Waals surface area contributed by atoms with Crippen molar-refractivity contribution < 1.29 is 33.4 Å². The highest BCUT2D eigenvalue weighted by atomic mass is 16.5. The molecule has 0 bridgehead atoms. The van der Waals surface area contributed by atoms with Crippen LogP contribution in [0.1, 0.15) is 27.8 Å². The normalized spacial score (nSPS) is 13.9. The number of ether oxygens (including phenoxy) is 2. The fourth-order valence-electron chi connectivity index (χ4n) is 6.22. The minimum Gasteiger partial charge on any atom is -0.497 e. The molecule has 0 radical (unpaired) electrons. The van der Waals surface area contributed by atoms with Crippen LogP contribution in [0.2, 0.25) is 0 Å². The Hall–Kier alpha value is -5.81. The molecule has 4 aromatic rings. The molecule has 0 unspecified atom stereocenters. The highest BCUT2D eigenvalue weighted by molar-refractivity contribution is 6.38. The molecule has 5 rings (SSSR count). The Morgan fingerprint density at radius 2 is 1.13 bits per heavy atom. The van der Waals surface area contributed by atoms with Gasteiger partial charge in [0.25, 0.3) is 5.91 Å². The molecule has 270 valence electrons. The van der Waals surface area contributed by atoms with Crippen LogP contribution in [-0.4, -0.2) is 68.4 Å². The fourth-order valence-corrected chi connectivity index (χ4v) is 6.22. The van der Waals surface area contributed by atoms with Crippen molar-refractivity contribution in [2.45, 2.75) is 50.4 Å². The Morgan fingerprint density at radius 1 is 0.615 bits per heavy atom. The third-order valence-electron chi connectivity index (χ3n) is 9.06. The largest absolute Gasteiger partial charge is 0.497 e. The first-order chi connectivity index (χ1) is 25.2. The second-order valence-corrected chi connectivity index (χ2v) is 12.8. The Bertz CT molecular complexity index is 1810. The van der Waals surface area contributed by atoms with Crippen LogP contribution in [-0.2, 0) is 60.9 Å². The van der Waals surface area contributed by atoms with E-state index in [1.54, 1.807) is 55.6 Å². The molecule has 0 saturated heterocycles. The minimum atomic E-state index is -1.24. The molecular weight excluding hydrogens is 660 g/mol. The summed E-state index contributed by atoms with van der Waals surface area (Å²) in [4.78, 5) is 68.0. The zero-order valence-corrected chi connectivity index (χ0v) is 29.3. The number of carbonyl (C=O) groups is 5. The fraction of sp³-hybridized carbons (Fsp3) is 0.293. The number of hydrogen-bond acceptors (Lipinski definition) is 7. The predicted molar refractivity (Wildman–Crippen MR) is 195 cm³/mol. The lowest BCUT2D eigenvalue weighted by Crippen LogP contribution is -2.58. The van der Waals surface area contributed by atoms with Crippen LogP contribution < -0.4 is 26.0 Å². The summed E-state index contributed by atoms with van der Waals surface area (Å²) in [6.45, 7) is -0.00204. The van der Waals surface area contributed by atoms with Crippen LogP contribution in [0.3, 0.4) is 0 Å². The molecule has 0 aromatic heterocycles. The summed E-state index contributed by atoms with van der Waals surface area (Å²) in [5, 5.41) is 11.0. The molecule has 0 aliphatic heterocycles. The Morgan fingerprint density at radius 3 is 1.73 bits per heavy atom. The molecule has 0 fully saturated rings. The van der Waals surface area contributed by atoms with Gasteiger partial charge in [-0.05, 0) is 52.8 Å². The lowest BCUT2D eigenvalue weighted by molar-refractivity contribution is -0.140. The van der Waals surface area contributed by atoms with Crippen molar-refractivity contribution in [1.29, 1.82) is 0 Å². The summed E-state index contributed by atoms with van der Waals surface area (Å²) in [7, 11) is 2.96. The van der Waals surface area contributed by atoms with Gasteiger partial charge in [0, 0.05) is 32.4 Å². The zero-order valence-electron chi connectivity index (χ0n) is 29.3. The Kier molecular flexibility index (Phi) is 13.3. The SMILES string of the molecule is COC[C@H](NC(=O)C1Cc2ccccc2C1)C(=O)N[C@@H](Cc1ccc(OC)cc1)C(=O)N[C@@H](Cc1ccccc1)C(=O)C(=O)NCc1ccccc1. The number of Topliss-reactive ketones (excluding diaryl/α,β-unsaturated/α-hetero) is 1. The number of amides is 4. The van der Waals surface area contributed by atoms with Crippen LogP contribution in [0.25, 0.3) is 0 Å². The van der Waals surface area contributed by atoms with Crippen LogP contribution >= 0.6 is 0 Å². The quantitative estimate of drug-likeness (QED) is 0.124. The van der Waals surface area contributed by atoms with E-state index < -0.39 is 41.6 Å². The van der Waals surface area contributed by atoms with Crippen molar-refractivity contribution in [3.63, 3.8) is 0 Å². The Labute approximate surface area is 303 Å². The van der Waals surface area contributed by atoms with Crippen LogP contribution in [0.15, 0.2) is 109 Å². The van der Waals surface area contributed by atoms with Gasteiger partial charge in [-0.25, -0.2) is 0 Å². The average molecular weight is 705 g/mol. The maximum Gasteiger partial charge on any atom is 0.289 e. The van der Waals surface area contributed by atoms with Crippen molar-refractivity contribution in [2.75, 3.05) is 20.8 Å². The maximum atomic E-state index is 14.1. The van der Waals surface area contributed by atoms with Gasteiger partial charge in [-0.3, -0.25) is 24.0 Å². The molecular formula is C41H44N4O7. The van der Waals surface area contributed by atoms with Crippen LogP contribution in [0.4, 0.5) is 0 Å². The molecule has 4 amide bonds. The van der Waals surface area contributed by atoms with Crippen molar-refractivity contribution in [2.24, 2.45) is 5.92 Å². The van der Waals surface area contributed by atoms with Crippen LogP contribution in [0, 0.1) is 5.92 Å². The summed E-state index contributed by atoms with van der Waals surface area (Å²) >= 11 is 0. The number of ketones is 1. The smallest absolute Gasteiger partial charge is 0.289 e. The van der Waals surface area contributed by atoms with E-state index >= 15 is 0 Å². The first-order valence-corrected chi connectivity index (χ1v) is 17.2. The molecule has 4 N–H and O–H groups in total. The molecule has 3 atom stereocenters. The van der Waals surface area contributed by atoms with Crippen molar-refractivity contribution in [3.05, 3.63) is 137 Å². The third kappa shape index (κ3) is 10.4. The van der Waals surface area contributed by atoms with E-state index in [9.17, 15) is 24.0 Å². The van der Waals surface area contributed by atoms with Crippen molar-refractivity contribution in [1.82, 2.24) is 21.3 Å². The van der Waals surface area contributed by atoms with E-state index in [2.05, 4.69) is 21.3 Å². The van der Waals surface area contributed by atoms with Crippen molar-refractivity contribution >= 4 is 29.4 Å². The monoisotopic (exact) mass is 704 g/mol. The van der Waals surface area contributed by atoms with Gasteiger partial charge in [0.05, 0.1) is 13.7 Å². The molecule has 0 heterocycles. The molecule has 11 heteroatoms. The predicted octanol–water partition coefficient (Wildman–Crippen LogP) is 2.88. The van der Waals surface area contributed by atoms with Gasteiger partial charge in [-0.2, -0.15) is 0 Å². The summed E-state index contributed by atoms with van der Waals surface area (Å²) in [6.07, 6.45) is 1.20. The highest BCUT2D eigenvalue weighted by Gasteiger charge is 2.34. The molecule has 1 aliphatic rings. The summed E-state index contributed by atoms with van der Waals surface area (Å²) in [5.41, 5.74) is 4.43. The second kappa shape index (κ2) is 18.4. The number of benzene rings is 4. The minimum absolute atomic E-state index is 0.0412. The van der Waals surface area contributed by atoms with E-state index in [-0.39, 0.29) is 37.8 Å². The van der Waals surface area contributed by atoms with E-state index in [0.717, 1.165) is 22.3 Å². The number of nitrogens with one attached hydrogen (secondary N) is 4. The van der Waals surface area contributed by atoms with Gasteiger partial charge in [0.2, 0.25) is 23.5 Å². The number of carbonyl (C=O) groups excluding carboxylic acids is 5. The first-order valence-electron chi connectivity index (χ1n) is 17.2. The highest BCUT2D eigenvalue weighted by Crippen LogP contribution is 2.26. The Balaban J connectivity index is 1.33.